The molecular weight excluding hydrogens is 210 g/mol. The molecular formula is C10H11N3O3. The van der Waals surface area contributed by atoms with Crippen LogP contribution in [0.5, 0.6) is 5.75 Å². The van der Waals surface area contributed by atoms with E-state index in [0.29, 0.717) is 5.56 Å². The molecule has 2 amide bonds. The number of nitrogens with one attached hydrogen (secondary N) is 2. The lowest BCUT2D eigenvalue weighted by Crippen LogP contribution is -2.35. The van der Waals surface area contributed by atoms with Crippen LogP contribution in [0.2, 0.25) is 0 Å². The van der Waals surface area contributed by atoms with Crippen LogP contribution in [0.4, 0.5) is 0 Å². The van der Waals surface area contributed by atoms with Crippen molar-refractivity contribution in [1.82, 2.24) is 10.7 Å². The summed E-state index contributed by atoms with van der Waals surface area (Å²) in [5, 5.41) is 14.7. The van der Waals surface area contributed by atoms with E-state index in [4.69, 9.17) is 5.11 Å². The Bertz CT molecular complexity index is 412. The third-order valence-corrected chi connectivity index (χ3v) is 1.71. The van der Waals surface area contributed by atoms with Crippen LogP contribution in [0.15, 0.2) is 29.4 Å². The summed E-state index contributed by atoms with van der Waals surface area (Å²) in [6.45, 7) is 0. The average molecular weight is 221 g/mol. The van der Waals surface area contributed by atoms with E-state index in [1.165, 1.54) is 25.4 Å². The highest BCUT2D eigenvalue weighted by Gasteiger charge is 2.08. The molecule has 6 heteroatoms. The van der Waals surface area contributed by atoms with Gasteiger partial charge in [0.15, 0.2) is 0 Å². The summed E-state index contributed by atoms with van der Waals surface area (Å²) in [7, 11) is 1.35. The summed E-state index contributed by atoms with van der Waals surface area (Å²) in [5.41, 5.74) is 2.74. The first-order chi connectivity index (χ1) is 7.63. The minimum absolute atomic E-state index is 0.145. The molecule has 0 aromatic heterocycles. The monoisotopic (exact) mass is 221 g/mol. The van der Waals surface area contributed by atoms with Crippen LogP contribution in [0.1, 0.15) is 5.56 Å². The zero-order valence-electron chi connectivity index (χ0n) is 8.60. The van der Waals surface area contributed by atoms with Gasteiger partial charge in [-0.15, -0.1) is 0 Å². The van der Waals surface area contributed by atoms with E-state index in [-0.39, 0.29) is 5.75 Å². The van der Waals surface area contributed by atoms with Crippen molar-refractivity contribution in [1.29, 1.82) is 0 Å². The van der Waals surface area contributed by atoms with Gasteiger partial charge in [-0.3, -0.25) is 9.59 Å². The van der Waals surface area contributed by atoms with Crippen LogP contribution in [0.3, 0.4) is 0 Å². The van der Waals surface area contributed by atoms with Gasteiger partial charge in [-0.2, -0.15) is 5.10 Å². The highest BCUT2D eigenvalue weighted by Crippen LogP contribution is 2.07. The topological polar surface area (TPSA) is 90.8 Å². The predicted molar refractivity (Wildman–Crippen MR) is 57.9 cm³/mol. The lowest BCUT2D eigenvalue weighted by molar-refractivity contribution is -0.138. The van der Waals surface area contributed by atoms with Gasteiger partial charge < -0.3 is 10.4 Å². The van der Waals surface area contributed by atoms with Crippen LogP contribution in [0, 0.1) is 0 Å². The number of phenolic OH excluding ortho intramolecular Hbond substituents is 1. The van der Waals surface area contributed by atoms with Gasteiger partial charge in [0, 0.05) is 7.05 Å². The summed E-state index contributed by atoms with van der Waals surface area (Å²) in [6, 6.07) is 6.21. The van der Waals surface area contributed by atoms with Crippen LogP contribution in [-0.2, 0) is 9.59 Å². The lowest BCUT2D eigenvalue weighted by atomic mass is 10.2. The zero-order chi connectivity index (χ0) is 12.0. The van der Waals surface area contributed by atoms with E-state index in [0.717, 1.165) is 0 Å². The van der Waals surface area contributed by atoms with Crippen LogP contribution < -0.4 is 10.7 Å². The van der Waals surface area contributed by atoms with Gasteiger partial charge in [-0.25, -0.2) is 5.43 Å². The Balaban J connectivity index is 2.52. The summed E-state index contributed by atoms with van der Waals surface area (Å²) in [6.07, 6.45) is 1.36. The largest absolute Gasteiger partial charge is 0.508 e. The number of phenols is 1. The Morgan fingerprint density at radius 1 is 1.25 bits per heavy atom. The van der Waals surface area contributed by atoms with E-state index in [1.807, 2.05) is 0 Å². The molecule has 0 fully saturated rings. The molecule has 0 atom stereocenters. The number of carbonyl (C=O) groups excluding carboxylic acids is 2. The fourth-order valence-electron chi connectivity index (χ4n) is 0.890. The second kappa shape index (κ2) is 5.50. The molecule has 0 aliphatic rings. The number of amides is 2. The van der Waals surface area contributed by atoms with E-state index in [2.05, 4.69) is 15.8 Å². The molecule has 0 saturated heterocycles. The number of nitrogens with zero attached hydrogens (tertiary/aromatic N) is 1. The van der Waals surface area contributed by atoms with E-state index >= 15 is 0 Å². The van der Waals surface area contributed by atoms with Crippen molar-refractivity contribution >= 4 is 18.0 Å². The molecule has 3 N–H and O–H groups in total. The molecule has 16 heavy (non-hydrogen) atoms. The van der Waals surface area contributed by atoms with E-state index in [1.54, 1.807) is 12.1 Å². The van der Waals surface area contributed by atoms with Crippen molar-refractivity contribution in [2.45, 2.75) is 0 Å². The molecule has 1 aromatic rings. The number of carbonyl (C=O) groups is 2. The van der Waals surface area contributed by atoms with Crippen molar-refractivity contribution in [2.75, 3.05) is 7.05 Å². The summed E-state index contributed by atoms with van der Waals surface area (Å²) < 4.78 is 0. The highest BCUT2D eigenvalue weighted by molar-refractivity contribution is 6.34. The van der Waals surface area contributed by atoms with Gasteiger partial charge in [0.25, 0.3) is 0 Å². The molecule has 1 rings (SSSR count). The van der Waals surface area contributed by atoms with E-state index in [9.17, 15) is 9.59 Å². The second-order valence-electron chi connectivity index (χ2n) is 2.87. The standard InChI is InChI=1S/C10H11N3O3/c1-11-9(15)10(16)13-12-6-7-2-4-8(14)5-3-7/h2-6,14H,1H3,(H,11,15)(H,13,16)/b12-6+. The predicted octanol–water partition coefficient (Wildman–Crippen LogP) is -0.412. The molecule has 0 saturated carbocycles. The number of hydrogen-bond acceptors (Lipinski definition) is 4. The first-order valence-electron chi connectivity index (χ1n) is 4.47. The number of hydrazone groups is 1. The smallest absolute Gasteiger partial charge is 0.329 e. The lowest BCUT2D eigenvalue weighted by Gasteiger charge is -1.97. The molecule has 84 valence electrons. The Morgan fingerprint density at radius 2 is 1.88 bits per heavy atom. The number of hydrogen-bond donors (Lipinski definition) is 3. The van der Waals surface area contributed by atoms with Gasteiger partial charge >= 0.3 is 11.8 Å². The molecule has 6 nitrogen and oxygen atoms in total. The van der Waals surface area contributed by atoms with Gasteiger partial charge in [-0.05, 0) is 29.8 Å². The van der Waals surface area contributed by atoms with Crippen molar-refractivity contribution in [2.24, 2.45) is 5.10 Å². The molecule has 0 heterocycles. The van der Waals surface area contributed by atoms with Crippen LogP contribution in [0.25, 0.3) is 0 Å². The Kier molecular flexibility index (Phi) is 4.02. The highest BCUT2D eigenvalue weighted by atomic mass is 16.3. The number of likely N-dealkylation sites (N-methyl/N-ethyl adjacent to an activating group) is 1. The molecule has 0 aliphatic carbocycles. The molecule has 0 bridgehead atoms. The maximum absolute atomic E-state index is 10.9. The zero-order valence-corrected chi connectivity index (χ0v) is 8.60. The Labute approximate surface area is 92.0 Å². The fourth-order valence-corrected chi connectivity index (χ4v) is 0.890. The molecule has 0 unspecified atom stereocenters. The normalized spacial score (nSPS) is 10.1. The fraction of sp³-hybridized carbons (Fsp3) is 0.100. The third kappa shape index (κ3) is 3.41. The number of aromatic hydroxyl groups is 1. The third-order valence-electron chi connectivity index (χ3n) is 1.71. The van der Waals surface area contributed by atoms with Gasteiger partial charge in [0.2, 0.25) is 0 Å². The Hall–Kier alpha value is -2.37. The minimum atomic E-state index is -0.836. The summed E-state index contributed by atoms with van der Waals surface area (Å²) in [4.78, 5) is 21.7. The van der Waals surface area contributed by atoms with Gasteiger partial charge in [0.1, 0.15) is 5.75 Å². The number of benzene rings is 1. The average Bonchev–Trinajstić information content (AvgIpc) is 2.30. The summed E-state index contributed by atoms with van der Waals surface area (Å²) in [5.74, 6) is -1.45. The van der Waals surface area contributed by atoms with Gasteiger partial charge in [-0.1, -0.05) is 0 Å². The maximum atomic E-state index is 10.9. The quantitative estimate of drug-likeness (QED) is 0.360. The van der Waals surface area contributed by atoms with Crippen molar-refractivity contribution in [3.8, 4) is 5.75 Å². The second-order valence-corrected chi connectivity index (χ2v) is 2.87. The molecule has 1 aromatic carbocycles. The SMILES string of the molecule is CNC(=O)C(=O)N/N=C/c1ccc(O)cc1. The molecule has 0 aliphatic heterocycles. The first-order valence-corrected chi connectivity index (χ1v) is 4.47. The Morgan fingerprint density at radius 3 is 2.44 bits per heavy atom. The maximum Gasteiger partial charge on any atom is 0.329 e. The van der Waals surface area contributed by atoms with Crippen LogP contribution >= 0.6 is 0 Å². The minimum Gasteiger partial charge on any atom is -0.508 e. The molecule has 0 spiro atoms. The number of rotatable bonds is 2. The van der Waals surface area contributed by atoms with Crippen molar-refractivity contribution in [3.63, 3.8) is 0 Å². The van der Waals surface area contributed by atoms with Gasteiger partial charge in [0.05, 0.1) is 6.21 Å². The van der Waals surface area contributed by atoms with Crippen molar-refractivity contribution in [3.05, 3.63) is 29.8 Å². The van der Waals surface area contributed by atoms with E-state index < -0.39 is 11.8 Å². The molecule has 0 radical (unpaired) electrons. The first kappa shape index (κ1) is 11.7. The van der Waals surface area contributed by atoms with Crippen molar-refractivity contribution < 1.29 is 14.7 Å². The van der Waals surface area contributed by atoms with Crippen LogP contribution in [-0.4, -0.2) is 30.2 Å². The summed E-state index contributed by atoms with van der Waals surface area (Å²) >= 11 is 0.